The number of benzene rings is 1. The number of hydrogen-bond acceptors (Lipinski definition) is 22. The van der Waals surface area contributed by atoms with Gasteiger partial charge in [-0.2, -0.15) is 0 Å². The van der Waals surface area contributed by atoms with Gasteiger partial charge in [-0.25, -0.2) is 0 Å². The molecule has 696 valence electrons. The highest BCUT2D eigenvalue weighted by molar-refractivity contribution is 6.00. The fourth-order valence-electron chi connectivity index (χ4n) is 15.6. The standard InChI is InChI=1S/C81H133N25O19/c1-7-8-21-47(36-64(109)92-41-65(110)97-61(38-66(111)112)76(122)94-44(5)69(115)104-59(35-46-19-10-9-11-20-46)78(124)106-60(37-63(83)108)79(125)101-55(67(84)113)29-17-32-90-80(85)86)96-74(120)56(25-12-13-31-82)102-71(117)49-23-15-28-54(49)100-77(123)58(34-42(2)3)105-72(118)50-24-16-27-53(50)99-75(121)57(30-18-33-91-81(87)88)103-70(116)48-22-14-26-52(48)98-68(114)43(4)93-73(119)51-39-89-40-62(51)95-45(6)107/h9-11,19-20,42-44,47-62,89H,7-8,12-18,21-41,82H2,1-6H3,(H2,83,108)(H2,84,113)(H,92,109)(H,93,119)(H,94,122)(H,95,107)(H,96,120)(H,97,110)(H,98,114)(H,99,121)(H,100,123)(H,101,125)(H,102,117)(H,103,116)(H,104,115)(H,105,118)(H,106,124)(H,111,112)(H4,85,86,90)(H4,87,88,91)/t43-,44+,47+,48?,49?,50?,51?,52?,53?,54?,55+,56+,57+,58-,59+,60+,61+,62?/m1/s1. The van der Waals surface area contributed by atoms with Crippen LogP contribution in [-0.4, -0.2) is 247 Å². The molecule has 5 rings (SSSR count). The first-order valence-corrected chi connectivity index (χ1v) is 43.1. The molecule has 0 radical (unpaired) electrons. The Morgan fingerprint density at radius 3 is 1.43 bits per heavy atom. The van der Waals surface area contributed by atoms with Crippen molar-refractivity contribution in [3.05, 3.63) is 35.9 Å². The molecule has 4 fully saturated rings. The van der Waals surface area contributed by atoms with Crippen molar-refractivity contribution in [3.63, 3.8) is 0 Å². The van der Waals surface area contributed by atoms with Crippen LogP contribution < -0.4 is 125 Å². The maximum Gasteiger partial charge on any atom is 0.305 e. The molecule has 1 aromatic carbocycles. The van der Waals surface area contributed by atoms with E-state index in [2.05, 4.69) is 95.1 Å². The number of hydrogen-bond donors (Lipinski definition) is 24. The summed E-state index contributed by atoms with van der Waals surface area (Å²) < 4.78 is 0. The van der Waals surface area contributed by atoms with Crippen molar-refractivity contribution < 1.29 is 91.4 Å². The highest BCUT2D eigenvalue weighted by atomic mass is 16.4. The second-order valence-electron chi connectivity index (χ2n) is 33.0. The lowest BCUT2D eigenvalue weighted by atomic mass is 9.97. The van der Waals surface area contributed by atoms with E-state index in [4.69, 9.17) is 40.1 Å². The second kappa shape index (κ2) is 53.3. The smallest absolute Gasteiger partial charge is 0.305 e. The predicted octanol–water partition coefficient (Wildman–Crippen LogP) is -6.49. The van der Waals surface area contributed by atoms with E-state index in [1.807, 2.05) is 20.8 Å². The van der Waals surface area contributed by atoms with E-state index >= 15 is 0 Å². The van der Waals surface area contributed by atoms with Crippen molar-refractivity contribution in [2.24, 2.45) is 79.7 Å². The summed E-state index contributed by atoms with van der Waals surface area (Å²) >= 11 is 0. The zero-order chi connectivity index (χ0) is 92.6. The van der Waals surface area contributed by atoms with Crippen LogP contribution in [0.5, 0.6) is 0 Å². The van der Waals surface area contributed by atoms with Crippen LogP contribution in [0.4, 0.5) is 0 Å². The Balaban J connectivity index is 1.18. The van der Waals surface area contributed by atoms with Gasteiger partial charge in [-0.15, -0.1) is 0 Å². The summed E-state index contributed by atoms with van der Waals surface area (Å²) in [6, 6.07) is -7.53. The topological polar surface area (TPSA) is 727 Å². The van der Waals surface area contributed by atoms with Crippen molar-refractivity contribution in [1.29, 1.82) is 0 Å². The highest BCUT2D eigenvalue weighted by Crippen LogP contribution is 2.30. The van der Waals surface area contributed by atoms with Crippen LogP contribution in [0.15, 0.2) is 40.3 Å². The minimum Gasteiger partial charge on any atom is -0.481 e. The summed E-state index contributed by atoms with van der Waals surface area (Å²) in [6.45, 7) is 10.0. The quantitative estimate of drug-likeness (QED) is 0.0164. The van der Waals surface area contributed by atoms with E-state index in [1.165, 1.54) is 20.8 Å². The number of amides is 17. The zero-order valence-electron chi connectivity index (χ0n) is 72.3. The Morgan fingerprint density at radius 1 is 0.440 bits per heavy atom. The molecule has 18 atom stereocenters. The molecule has 44 heteroatoms. The van der Waals surface area contributed by atoms with Gasteiger partial charge >= 0.3 is 5.97 Å². The number of carbonyl (C=O) groups excluding carboxylic acids is 17. The Kier molecular flexibility index (Phi) is 44.2. The van der Waals surface area contributed by atoms with E-state index in [1.54, 1.807) is 30.3 Å². The first kappa shape index (κ1) is 104. The first-order chi connectivity index (χ1) is 59.3. The number of aliphatic carboxylic acids is 1. The molecular weight excluding hydrogens is 1630 g/mol. The number of primary amides is 2. The number of nitrogens with two attached hydrogens (primary N) is 7. The Morgan fingerprint density at radius 2 is 0.912 bits per heavy atom. The van der Waals surface area contributed by atoms with Gasteiger partial charge in [0.2, 0.25) is 100 Å². The lowest BCUT2D eigenvalue weighted by molar-refractivity contribution is -0.141. The molecule has 31 N–H and O–H groups in total. The Labute approximate surface area is 726 Å². The third kappa shape index (κ3) is 36.8. The summed E-state index contributed by atoms with van der Waals surface area (Å²) in [4.78, 5) is 252. The number of unbranched alkanes of at least 4 members (excludes halogenated alkanes) is 2. The predicted molar refractivity (Wildman–Crippen MR) is 457 cm³/mol. The number of rotatable bonds is 54. The molecule has 1 heterocycles. The van der Waals surface area contributed by atoms with Gasteiger partial charge in [-0.05, 0) is 128 Å². The van der Waals surface area contributed by atoms with E-state index in [0.717, 1.165) is 0 Å². The lowest BCUT2D eigenvalue weighted by Gasteiger charge is -2.29. The third-order valence-electron chi connectivity index (χ3n) is 22.2. The van der Waals surface area contributed by atoms with Crippen LogP contribution in [0.25, 0.3) is 0 Å². The molecular formula is C81H133N25O19. The summed E-state index contributed by atoms with van der Waals surface area (Å²) in [5.74, 6) is -17.7. The van der Waals surface area contributed by atoms with Crippen molar-refractivity contribution in [2.75, 3.05) is 39.3 Å². The first-order valence-electron chi connectivity index (χ1n) is 43.1. The summed E-state index contributed by atoms with van der Waals surface area (Å²) in [6.07, 6.45) is 4.55. The third-order valence-corrected chi connectivity index (χ3v) is 22.2. The van der Waals surface area contributed by atoms with Gasteiger partial charge in [0, 0.05) is 70.1 Å². The maximum absolute atomic E-state index is 14.5. The fraction of sp³-hybridized carbons (Fsp3) is 0.679. The molecule has 1 aliphatic heterocycles. The van der Waals surface area contributed by atoms with Crippen LogP contribution in [0.2, 0.25) is 0 Å². The second-order valence-corrected chi connectivity index (χ2v) is 33.0. The van der Waals surface area contributed by atoms with Crippen LogP contribution in [0.1, 0.15) is 195 Å². The molecule has 4 aliphatic rings. The molecule has 125 heavy (non-hydrogen) atoms. The van der Waals surface area contributed by atoms with Crippen LogP contribution in [0.3, 0.4) is 0 Å². The van der Waals surface area contributed by atoms with Gasteiger partial charge in [-0.1, -0.05) is 83.2 Å². The molecule has 3 aliphatic carbocycles. The van der Waals surface area contributed by atoms with Gasteiger partial charge in [0.05, 0.1) is 49.1 Å². The van der Waals surface area contributed by atoms with Crippen LogP contribution >= 0.6 is 0 Å². The maximum atomic E-state index is 14.5. The van der Waals surface area contributed by atoms with E-state index < -0.39 is 228 Å². The Hall–Kier alpha value is -11.9. The lowest BCUT2D eigenvalue weighted by Crippen LogP contribution is -2.59. The largest absolute Gasteiger partial charge is 0.481 e. The van der Waals surface area contributed by atoms with Gasteiger partial charge < -0.3 is 130 Å². The molecule has 1 saturated heterocycles. The monoisotopic (exact) mass is 1760 g/mol. The number of aliphatic imine (C=N–C) groups is 2. The summed E-state index contributed by atoms with van der Waals surface area (Å²) in [5.41, 5.74) is 39.2. The number of carboxylic acids is 1. The summed E-state index contributed by atoms with van der Waals surface area (Å²) in [7, 11) is 0. The molecule has 17 amide bonds. The van der Waals surface area contributed by atoms with Crippen molar-refractivity contribution in [1.82, 2.24) is 85.1 Å². The van der Waals surface area contributed by atoms with E-state index in [9.17, 15) is 91.4 Å². The molecule has 3 saturated carbocycles. The molecule has 8 unspecified atom stereocenters. The number of carboxylic acid groups (broad SMARTS) is 1. The molecule has 44 nitrogen and oxygen atoms in total. The van der Waals surface area contributed by atoms with Crippen LogP contribution in [-0.2, 0) is 92.7 Å². The van der Waals surface area contributed by atoms with E-state index in [-0.39, 0.29) is 101 Å². The molecule has 0 aromatic heterocycles. The van der Waals surface area contributed by atoms with Crippen molar-refractivity contribution >= 4 is 118 Å². The van der Waals surface area contributed by atoms with Crippen molar-refractivity contribution in [2.45, 2.75) is 280 Å². The Bertz CT molecular complexity index is 3940. The fourth-order valence-corrected chi connectivity index (χ4v) is 15.6. The number of carbonyl (C=O) groups is 18. The highest BCUT2D eigenvalue weighted by Gasteiger charge is 2.44. The minimum absolute atomic E-state index is 0.0457. The molecule has 0 spiro atoms. The van der Waals surface area contributed by atoms with Gasteiger partial charge in [-0.3, -0.25) is 96.3 Å². The normalized spacial score (nSPS) is 20.6. The number of nitrogens with one attached hydrogen (secondary N) is 16. The van der Waals surface area contributed by atoms with Gasteiger partial charge in [0.1, 0.15) is 54.4 Å². The zero-order valence-corrected chi connectivity index (χ0v) is 72.3. The van der Waals surface area contributed by atoms with Gasteiger partial charge in [0.25, 0.3) is 0 Å². The number of guanidine groups is 2. The van der Waals surface area contributed by atoms with Crippen molar-refractivity contribution in [3.8, 4) is 0 Å². The molecule has 0 bridgehead atoms. The van der Waals surface area contributed by atoms with Crippen LogP contribution in [0, 0.1) is 29.6 Å². The van der Waals surface area contributed by atoms with E-state index in [0.29, 0.717) is 102 Å². The SMILES string of the molecule is CCCC[C@@H](CC(=O)NCC(=O)N[C@@H](CC(=O)O)C(=O)N[C@@H](C)C(=O)N[C@@H](Cc1ccccc1)C(=O)N[C@@H](CC(N)=O)C(=O)N[C@@H](CCCN=C(N)N)C(N)=O)NC(=O)[C@H](CCCCN)NC(=O)C1CCCC1NC(=O)[C@@H](CC(C)C)NC(=O)C1CCCC1NC(=O)[C@H](CCCN=C(N)N)NC(=O)C1CCCC1NC(=O)[C@@H](C)NC(=O)C1CNCC1NC(C)=O. The minimum atomic E-state index is -1.85. The summed E-state index contributed by atoms with van der Waals surface area (Å²) in [5, 5.41) is 53.1. The number of nitrogens with zero attached hydrogens (tertiary/aromatic N) is 2. The average molecular weight is 1760 g/mol. The average Bonchev–Trinajstić information content (AvgIpc) is 1.71. The molecule has 1 aromatic rings. The van der Waals surface area contributed by atoms with Gasteiger partial charge in [0.15, 0.2) is 11.9 Å².